The van der Waals surface area contributed by atoms with Gasteiger partial charge in [0.25, 0.3) is 0 Å². The Bertz CT molecular complexity index is 576. The van der Waals surface area contributed by atoms with Crippen LogP contribution < -0.4 is 10.6 Å². The van der Waals surface area contributed by atoms with Crippen molar-refractivity contribution in [2.75, 3.05) is 6.54 Å². The number of thiazole rings is 1. The number of carbonyl (C=O) groups is 2. The molecule has 2 fully saturated rings. The molecule has 2 amide bonds. The topological polar surface area (TPSA) is 71.1 Å². The van der Waals surface area contributed by atoms with Crippen LogP contribution in [-0.2, 0) is 9.59 Å². The lowest BCUT2D eigenvalue weighted by Crippen LogP contribution is -2.38. The Kier molecular flexibility index (Phi) is 7.06. The van der Waals surface area contributed by atoms with E-state index in [2.05, 4.69) is 15.6 Å². The van der Waals surface area contributed by atoms with Crippen molar-refractivity contribution in [2.24, 2.45) is 17.8 Å². The van der Waals surface area contributed by atoms with Crippen LogP contribution in [0.2, 0.25) is 0 Å². The number of hydrogen-bond donors (Lipinski definition) is 2. The number of nitrogens with one attached hydrogen (secondary N) is 2. The molecule has 6 heteroatoms. The molecule has 2 aliphatic carbocycles. The zero-order valence-corrected chi connectivity index (χ0v) is 16.5. The number of carbonyl (C=O) groups excluding carboxylic acids is 2. The van der Waals surface area contributed by atoms with Gasteiger partial charge in [-0.15, -0.1) is 11.3 Å². The number of hydrogen-bond acceptors (Lipinski definition) is 4. The molecule has 0 aromatic carbocycles. The van der Waals surface area contributed by atoms with Crippen LogP contribution in [0.15, 0.2) is 11.6 Å². The molecule has 0 aliphatic heterocycles. The van der Waals surface area contributed by atoms with Crippen LogP contribution in [0, 0.1) is 17.8 Å². The minimum absolute atomic E-state index is 0.00655. The van der Waals surface area contributed by atoms with E-state index in [9.17, 15) is 9.59 Å². The van der Waals surface area contributed by atoms with Crippen LogP contribution in [0.25, 0.3) is 0 Å². The van der Waals surface area contributed by atoms with Gasteiger partial charge in [0.15, 0.2) is 0 Å². The Morgan fingerprint density at radius 1 is 1.15 bits per heavy atom. The largest absolute Gasteiger partial charge is 0.356 e. The van der Waals surface area contributed by atoms with Crippen molar-refractivity contribution in [1.29, 1.82) is 0 Å². The van der Waals surface area contributed by atoms with Gasteiger partial charge in [-0.2, -0.15) is 0 Å². The fraction of sp³-hybridized carbons (Fsp3) is 0.750. The van der Waals surface area contributed by atoms with E-state index in [1.807, 2.05) is 5.38 Å². The minimum Gasteiger partial charge on any atom is -0.356 e. The molecule has 1 aromatic rings. The van der Waals surface area contributed by atoms with Gasteiger partial charge in [0.1, 0.15) is 5.01 Å². The van der Waals surface area contributed by atoms with E-state index in [4.69, 9.17) is 0 Å². The predicted octanol–water partition coefficient (Wildman–Crippen LogP) is 3.82. The summed E-state index contributed by atoms with van der Waals surface area (Å²) in [5.41, 5.74) is 0. The second kappa shape index (κ2) is 9.49. The maximum absolute atomic E-state index is 12.3. The highest BCUT2D eigenvalue weighted by molar-refractivity contribution is 7.09. The standard InChI is InChI=1S/C20H31N3O2S/c1-14(24)23-18(20-21-11-12-26-20)16-9-7-15(8-10-16)13-22-19(25)17-5-3-2-4-6-17/h11-12,15-18H,2-10,13H2,1H3,(H,22,25)(H,23,24). The summed E-state index contributed by atoms with van der Waals surface area (Å²) in [6.45, 7) is 2.39. The summed E-state index contributed by atoms with van der Waals surface area (Å²) >= 11 is 1.61. The van der Waals surface area contributed by atoms with Crippen molar-refractivity contribution < 1.29 is 9.59 Å². The van der Waals surface area contributed by atoms with Gasteiger partial charge in [-0.3, -0.25) is 9.59 Å². The fourth-order valence-corrected chi connectivity index (χ4v) is 5.25. The van der Waals surface area contributed by atoms with Gasteiger partial charge in [0.2, 0.25) is 11.8 Å². The van der Waals surface area contributed by atoms with Crippen molar-refractivity contribution in [3.8, 4) is 0 Å². The molecular weight excluding hydrogens is 346 g/mol. The van der Waals surface area contributed by atoms with Gasteiger partial charge in [-0.25, -0.2) is 4.98 Å². The fourth-order valence-electron chi connectivity index (χ4n) is 4.47. The molecule has 0 radical (unpaired) electrons. The zero-order valence-electron chi connectivity index (χ0n) is 15.7. The van der Waals surface area contributed by atoms with Gasteiger partial charge in [-0.1, -0.05) is 19.3 Å². The number of rotatable bonds is 6. The average molecular weight is 378 g/mol. The molecule has 1 aromatic heterocycles. The second-order valence-corrected chi connectivity index (χ2v) is 8.84. The summed E-state index contributed by atoms with van der Waals surface area (Å²) < 4.78 is 0. The summed E-state index contributed by atoms with van der Waals surface area (Å²) in [6, 6.07) is 0.0327. The molecule has 1 unspecified atom stereocenters. The summed E-state index contributed by atoms with van der Waals surface area (Å²) in [5, 5.41) is 9.28. The summed E-state index contributed by atoms with van der Waals surface area (Å²) in [5.74, 6) is 1.52. The van der Waals surface area contributed by atoms with E-state index in [-0.39, 0.29) is 23.8 Å². The van der Waals surface area contributed by atoms with E-state index in [0.29, 0.717) is 11.8 Å². The third kappa shape index (κ3) is 5.29. The molecule has 2 aliphatic rings. The Morgan fingerprint density at radius 3 is 2.50 bits per heavy atom. The first-order chi connectivity index (χ1) is 12.6. The van der Waals surface area contributed by atoms with E-state index in [1.165, 1.54) is 19.3 Å². The molecular formula is C20H31N3O2S. The van der Waals surface area contributed by atoms with Crippen molar-refractivity contribution in [1.82, 2.24) is 15.6 Å². The van der Waals surface area contributed by atoms with Crippen molar-refractivity contribution in [2.45, 2.75) is 70.8 Å². The SMILES string of the molecule is CC(=O)NC(c1nccs1)C1CCC(CNC(=O)C2CCCCC2)CC1. The van der Waals surface area contributed by atoms with Gasteiger partial charge >= 0.3 is 0 Å². The Balaban J connectivity index is 1.45. The van der Waals surface area contributed by atoms with Gasteiger partial charge in [-0.05, 0) is 50.4 Å². The van der Waals surface area contributed by atoms with Crippen LogP contribution in [0.5, 0.6) is 0 Å². The quantitative estimate of drug-likeness (QED) is 0.791. The highest BCUT2D eigenvalue weighted by Gasteiger charge is 2.31. The van der Waals surface area contributed by atoms with Crippen LogP contribution >= 0.6 is 11.3 Å². The van der Waals surface area contributed by atoms with E-state index in [0.717, 1.165) is 50.1 Å². The smallest absolute Gasteiger partial charge is 0.223 e. The van der Waals surface area contributed by atoms with Crippen LogP contribution in [0.4, 0.5) is 0 Å². The molecule has 2 saturated carbocycles. The maximum atomic E-state index is 12.3. The monoisotopic (exact) mass is 377 g/mol. The van der Waals surface area contributed by atoms with E-state index >= 15 is 0 Å². The first-order valence-electron chi connectivity index (χ1n) is 10.1. The molecule has 26 heavy (non-hydrogen) atoms. The van der Waals surface area contributed by atoms with Crippen LogP contribution in [-0.4, -0.2) is 23.3 Å². The minimum atomic E-state index is 0.00655. The lowest BCUT2D eigenvalue weighted by Gasteiger charge is -2.33. The zero-order chi connectivity index (χ0) is 18.4. The molecule has 5 nitrogen and oxygen atoms in total. The van der Waals surface area contributed by atoms with Gasteiger partial charge in [0, 0.05) is 31.0 Å². The molecule has 0 bridgehead atoms. The molecule has 3 rings (SSSR count). The average Bonchev–Trinajstić information content (AvgIpc) is 3.20. The second-order valence-electron chi connectivity index (χ2n) is 7.91. The molecule has 2 N–H and O–H groups in total. The predicted molar refractivity (Wildman–Crippen MR) is 104 cm³/mol. The highest BCUT2D eigenvalue weighted by atomic mass is 32.1. The van der Waals surface area contributed by atoms with E-state index < -0.39 is 0 Å². The molecule has 0 spiro atoms. The number of nitrogens with zero attached hydrogens (tertiary/aromatic N) is 1. The first-order valence-corrected chi connectivity index (χ1v) is 11.0. The number of aromatic nitrogens is 1. The molecule has 1 heterocycles. The van der Waals surface area contributed by atoms with Crippen LogP contribution in [0.1, 0.15) is 75.8 Å². The lowest BCUT2D eigenvalue weighted by atomic mass is 9.78. The Hall–Kier alpha value is -1.43. The Labute approximate surface area is 160 Å². The normalized spacial score (nSPS) is 25.4. The first kappa shape index (κ1) is 19.3. The van der Waals surface area contributed by atoms with Gasteiger partial charge in [0.05, 0.1) is 6.04 Å². The molecule has 1 atom stereocenters. The Morgan fingerprint density at radius 2 is 1.88 bits per heavy atom. The lowest BCUT2D eigenvalue weighted by molar-refractivity contribution is -0.126. The molecule has 144 valence electrons. The third-order valence-corrected chi connectivity index (χ3v) is 6.84. The highest BCUT2D eigenvalue weighted by Crippen LogP contribution is 2.37. The summed E-state index contributed by atoms with van der Waals surface area (Å²) in [6.07, 6.45) is 12.0. The summed E-state index contributed by atoms with van der Waals surface area (Å²) in [7, 11) is 0. The summed E-state index contributed by atoms with van der Waals surface area (Å²) in [4.78, 5) is 28.3. The van der Waals surface area contributed by atoms with E-state index in [1.54, 1.807) is 24.5 Å². The van der Waals surface area contributed by atoms with Crippen LogP contribution in [0.3, 0.4) is 0 Å². The van der Waals surface area contributed by atoms with Gasteiger partial charge < -0.3 is 10.6 Å². The van der Waals surface area contributed by atoms with Crippen molar-refractivity contribution >= 4 is 23.2 Å². The third-order valence-electron chi connectivity index (χ3n) is 5.98. The number of amides is 2. The van der Waals surface area contributed by atoms with Crippen molar-refractivity contribution in [3.05, 3.63) is 16.6 Å². The maximum Gasteiger partial charge on any atom is 0.223 e. The van der Waals surface area contributed by atoms with Crippen molar-refractivity contribution in [3.63, 3.8) is 0 Å². The molecule has 0 saturated heterocycles.